The number of nitrogens with one attached hydrogen (secondary N) is 1. The van der Waals surface area contributed by atoms with Crippen LogP contribution in [0.2, 0.25) is 0 Å². The molecule has 2 aliphatic rings. The van der Waals surface area contributed by atoms with Crippen LogP contribution < -0.4 is 10.2 Å². The number of anilines is 3. The van der Waals surface area contributed by atoms with Crippen molar-refractivity contribution in [3.63, 3.8) is 0 Å². The second kappa shape index (κ2) is 13.2. The molecule has 1 atom stereocenters. The molecule has 0 amide bonds. The number of aliphatic carboxylic acids is 1. The number of nitrogens with zero attached hydrogens (tertiary/aromatic N) is 6. The van der Waals surface area contributed by atoms with Crippen molar-refractivity contribution in [3.8, 4) is 11.3 Å². The summed E-state index contributed by atoms with van der Waals surface area (Å²) in [5, 5.41) is 12.2. The molecule has 0 radical (unpaired) electrons. The van der Waals surface area contributed by atoms with Gasteiger partial charge in [0, 0.05) is 55.8 Å². The fourth-order valence-electron chi connectivity index (χ4n) is 5.53. The van der Waals surface area contributed by atoms with Gasteiger partial charge in [0.05, 0.1) is 17.7 Å². The predicted molar refractivity (Wildman–Crippen MR) is 163 cm³/mol. The van der Waals surface area contributed by atoms with E-state index in [1.807, 2.05) is 4.90 Å². The van der Waals surface area contributed by atoms with Crippen molar-refractivity contribution in [3.05, 3.63) is 52.9 Å². The number of alkyl halides is 3. The zero-order valence-corrected chi connectivity index (χ0v) is 25.4. The molecule has 9 nitrogen and oxygen atoms in total. The van der Waals surface area contributed by atoms with Gasteiger partial charge < -0.3 is 15.3 Å². The Morgan fingerprint density at radius 1 is 1.16 bits per heavy atom. The zero-order valence-electron chi connectivity index (χ0n) is 24.6. The summed E-state index contributed by atoms with van der Waals surface area (Å²) in [6.45, 7) is 11.5. The molecule has 2 N–H and O–H groups in total. The van der Waals surface area contributed by atoms with Crippen LogP contribution in [0.5, 0.6) is 0 Å². The molecule has 5 rings (SSSR count). The maximum absolute atomic E-state index is 15.7. The third kappa shape index (κ3) is 7.36. The Morgan fingerprint density at radius 2 is 1.91 bits per heavy atom. The van der Waals surface area contributed by atoms with E-state index in [1.54, 1.807) is 17.9 Å². The Hall–Kier alpha value is -3.62. The molecule has 0 aliphatic carbocycles. The van der Waals surface area contributed by atoms with Crippen LogP contribution in [0.15, 0.2) is 31.1 Å². The Labute approximate surface area is 257 Å². The fourth-order valence-corrected chi connectivity index (χ4v) is 6.54. The number of carboxylic acid groups (broad SMARTS) is 1. The minimum Gasteiger partial charge on any atom is -0.481 e. The lowest BCUT2D eigenvalue weighted by Crippen LogP contribution is -2.47. The largest absolute Gasteiger partial charge is 0.481 e. The summed E-state index contributed by atoms with van der Waals surface area (Å²) < 4.78 is 57.4. The van der Waals surface area contributed by atoms with Gasteiger partial charge in [-0.25, -0.2) is 15.0 Å². The van der Waals surface area contributed by atoms with Crippen LogP contribution in [-0.4, -0.2) is 81.1 Å². The number of rotatable bonds is 10. The maximum Gasteiger partial charge on any atom is 0.416 e. The first kappa shape index (κ1) is 31.8. The van der Waals surface area contributed by atoms with Gasteiger partial charge in [-0.1, -0.05) is 23.5 Å². The average Bonchev–Trinajstić information content (AvgIpc) is 3.58. The van der Waals surface area contributed by atoms with Crippen molar-refractivity contribution in [1.82, 2.24) is 24.8 Å². The van der Waals surface area contributed by atoms with Crippen molar-refractivity contribution in [1.29, 1.82) is 0 Å². The molecule has 0 bridgehead atoms. The van der Waals surface area contributed by atoms with Crippen molar-refractivity contribution in [2.75, 3.05) is 49.5 Å². The lowest BCUT2D eigenvalue weighted by atomic mass is 9.99. The molecule has 2 saturated heterocycles. The highest BCUT2D eigenvalue weighted by atomic mass is 32.1. The molecule has 2 aliphatic heterocycles. The minimum absolute atomic E-state index is 0.0411. The highest BCUT2D eigenvalue weighted by Gasteiger charge is 2.32. The first-order chi connectivity index (χ1) is 20.9. The van der Waals surface area contributed by atoms with Crippen molar-refractivity contribution >= 4 is 39.6 Å². The second-order valence-electron chi connectivity index (χ2n) is 11.3. The van der Waals surface area contributed by atoms with E-state index in [4.69, 9.17) is 5.11 Å². The number of thiazole rings is 1. The number of benzene rings is 1. The first-order valence-electron chi connectivity index (χ1n) is 14.5. The number of likely N-dealkylation sites (tertiary alicyclic amines) is 1. The molecule has 3 aromatic rings. The quantitative estimate of drug-likeness (QED) is 0.256. The topological polar surface area (TPSA) is 97.7 Å². The monoisotopic (exact) mass is 633 g/mol. The Bertz CT molecular complexity index is 1520. The van der Waals surface area contributed by atoms with Gasteiger partial charge in [0.25, 0.3) is 0 Å². The summed E-state index contributed by atoms with van der Waals surface area (Å²) in [6, 6.07) is 4.16. The number of aromatic nitrogens is 3. The average molecular weight is 634 g/mol. The van der Waals surface area contributed by atoms with Gasteiger partial charge >= 0.3 is 12.1 Å². The number of allylic oxidation sites excluding steroid dienone is 1. The van der Waals surface area contributed by atoms with Gasteiger partial charge in [0.1, 0.15) is 6.33 Å². The van der Waals surface area contributed by atoms with Gasteiger partial charge in [0.15, 0.2) is 16.8 Å². The van der Waals surface area contributed by atoms with Gasteiger partial charge in [-0.2, -0.15) is 17.6 Å². The van der Waals surface area contributed by atoms with E-state index in [1.165, 1.54) is 17.7 Å². The molecule has 1 unspecified atom stereocenters. The van der Waals surface area contributed by atoms with Gasteiger partial charge in [-0.05, 0) is 57.0 Å². The summed E-state index contributed by atoms with van der Waals surface area (Å²) >= 11 is 1.26. The predicted octanol–water partition coefficient (Wildman–Crippen LogP) is 6.12. The third-order valence-corrected chi connectivity index (χ3v) is 9.03. The Morgan fingerprint density at radius 3 is 2.55 bits per heavy atom. The van der Waals surface area contributed by atoms with Crippen molar-refractivity contribution in [2.45, 2.75) is 51.9 Å². The maximum atomic E-state index is 15.7. The lowest BCUT2D eigenvalue weighted by Gasteiger charge is -2.35. The smallest absolute Gasteiger partial charge is 0.416 e. The molecule has 2 fully saturated rings. The number of piperazine rings is 1. The molecule has 44 heavy (non-hydrogen) atoms. The summed E-state index contributed by atoms with van der Waals surface area (Å²) in [4.78, 5) is 30.7. The number of carbonyl (C=O) groups is 1. The second-order valence-corrected chi connectivity index (χ2v) is 12.4. The van der Waals surface area contributed by atoms with Gasteiger partial charge in [-0.3, -0.25) is 14.6 Å². The summed E-state index contributed by atoms with van der Waals surface area (Å²) in [7, 11) is 0. The third-order valence-electron chi connectivity index (χ3n) is 8.07. The molecule has 4 heterocycles. The normalized spacial score (nSPS) is 18.1. The molecule has 2 aromatic heterocycles. The fraction of sp³-hybridized carbons (Fsp3) is 0.467. The highest BCUT2D eigenvalue weighted by Crippen LogP contribution is 2.39. The van der Waals surface area contributed by atoms with E-state index >= 15 is 4.39 Å². The zero-order chi connectivity index (χ0) is 31.6. The van der Waals surface area contributed by atoms with Crippen LogP contribution in [0.4, 0.5) is 34.3 Å². The van der Waals surface area contributed by atoms with Gasteiger partial charge in [-0.15, -0.1) is 0 Å². The summed E-state index contributed by atoms with van der Waals surface area (Å²) in [5.74, 6) is -1.50. The van der Waals surface area contributed by atoms with Crippen molar-refractivity contribution < 1.29 is 27.5 Å². The van der Waals surface area contributed by atoms with Crippen LogP contribution in [0.3, 0.4) is 0 Å². The summed E-state index contributed by atoms with van der Waals surface area (Å²) in [5.41, 5.74) is 0.794. The highest BCUT2D eigenvalue weighted by molar-refractivity contribution is 7.16. The van der Waals surface area contributed by atoms with E-state index in [0.29, 0.717) is 72.8 Å². The number of carboxylic acids is 1. The SMILES string of the molecule is C=C(C)c1cc(-c2nc(Nc3ncnc(N4CCN(CCC(=O)O)CC4)c3F)sc2CN2CCCC2C)cc(C(F)(F)F)c1. The summed E-state index contributed by atoms with van der Waals surface area (Å²) in [6.07, 6.45) is -1.19. The molecule has 1 aromatic carbocycles. The molecule has 0 spiro atoms. The van der Waals surface area contributed by atoms with Crippen LogP contribution in [0, 0.1) is 5.82 Å². The van der Waals surface area contributed by atoms with Gasteiger partial charge in [0.2, 0.25) is 5.82 Å². The molecular formula is C30H35F4N7O2S. The molecule has 14 heteroatoms. The molecular weight excluding hydrogens is 598 g/mol. The number of hydrogen-bond acceptors (Lipinski definition) is 9. The lowest BCUT2D eigenvalue weighted by molar-refractivity contribution is -0.138. The van der Waals surface area contributed by atoms with Crippen molar-refractivity contribution in [2.24, 2.45) is 0 Å². The van der Waals surface area contributed by atoms with Crippen LogP contribution in [0.25, 0.3) is 16.8 Å². The van der Waals surface area contributed by atoms with Crippen LogP contribution in [-0.2, 0) is 17.5 Å². The molecule has 0 saturated carbocycles. The standard InChI is InChI=1S/C30H35F4N7O2S/c1-18(2)20-13-21(15-22(14-20)30(32,33)34)26-23(16-41-7-4-5-19(41)3)44-29(37-26)38-27-25(31)28(36-17-35-27)40-11-9-39(10-12-40)8-6-24(42)43/h13-15,17,19H,1,4-12,16H2,2-3H3,(H,42,43)(H,35,36,37,38). The van der Waals surface area contributed by atoms with E-state index in [9.17, 15) is 18.0 Å². The number of halogens is 4. The molecule has 236 valence electrons. The first-order valence-corrected chi connectivity index (χ1v) is 15.3. The Kier molecular flexibility index (Phi) is 9.51. The number of hydrogen-bond donors (Lipinski definition) is 2. The van der Waals surface area contributed by atoms with E-state index in [0.717, 1.165) is 36.4 Å². The van der Waals surface area contributed by atoms with E-state index in [2.05, 4.69) is 38.7 Å². The van der Waals surface area contributed by atoms with E-state index < -0.39 is 23.5 Å². The Balaban J connectivity index is 1.44. The van der Waals surface area contributed by atoms with Crippen LogP contribution >= 0.6 is 11.3 Å². The van der Waals surface area contributed by atoms with E-state index in [-0.39, 0.29) is 18.1 Å². The minimum atomic E-state index is -4.55. The van der Waals surface area contributed by atoms with Crippen LogP contribution in [0.1, 0.15) is 49.1 Å².